The number of hydrogen-bond acceptors (Lipinski definition) is 6. The molecule has 3 aromatic rings. The van der Waals surface area contributed by atoms with E-state index in [-0.39, 0.29) is 5.91 Å². The number of ether oxygens (including phenoxy) is 1. The third-order valence-electron chi connectivity index (χ3n) is 3.46. The van der Waals surface area contributed by atoms with E-state index in [2.05, 4.69) is 15.6 Å². The van der Waals surface area contributed by atoms with Crippen molar-refractivity contribution in [2.24, 2.45) is 0 Å². The van der Waals surface area contributed by atoms with Gasteiger partial charge in [0.1, 0.15) is 11.3 Å². The molecule has 124 valence electrons. The number of hydrogen-bond donors (Lipinski definition) is 1. The van der Waals surface area contributed by atoms with Crippen molar-refractivity contribution in [2.45, 2.75) is 6.92 Å². The van der Waals surface area contributed by atoms with Gasteiger partial charge in [-0.25, -0.2) is 9.50 Å². The second kappa shape index (κ2) is 6.55. The average Bonchev–Trinajstić information content (AvgIpc) is 3.04. The highest BCUT2D eigenvalue weighted by atomic mass is 16.6. The molecule has 3 aromatic heterocycles. The summed E-state index contributed by atoms with van der Waals surface area (Å²) in [6.45, 7) is 1.47. The quantitative estimate of drug-likeness (QED) is 0.725. The van der Waals surface area contributed by atoms with Gasteiger partial charge in [0.2, 0.25) is 5.91 Å². The standard InChI is InChI=1S/C16H17N5O3/c1-11(22)21(15-10-12(19-24-3)4-7-17-15)14-6-9-20-13(5-8-18-20)16(14)23-2/h4-10H,1-3H3,(H,17,19). The molecule has 8 heteroatoms. The summed E-state index contributed by atoms with van der Waals surface area (Å²) in [6.07, 6.45) is 5.03. The Labute approximate surface area is 138 Å². The van der Waals surface area contributed by atoms with Crippen molar-refractivity contribution in [2.75, 3.05) is 24.6 Å². The predicted octanol–water partition coefficient (Wildman–Crippen LogP) is 2.40. The van der Waals surface area contributed by atoms with Crippen molar-refractivity contribution in [1.29, 1.82) is 0 Å². The zero-order valence-corrected chi connectivity index (χ0v) is 13.6. The molecule has 0 spiro atoms. The van der Waals surface area contributed by atoms with Gasteiger partial charge < -0.3 is 4.74 Å². The van der Waals surface area contributed by atoms with Gasteiger partial charge in [-0.15, -0.1) is 0 Å². The molecule has 0 aliphatic rings. The molecule has 24 heavy (non-hydrogen) atoms. The summed E-state index contributed by atoms with van der Waals surface area (Å²) in [5.74, 6) is 0.794. The summed E-state index contributed by atoms with van der Waals surface area (Å²) in [7, 11) is 3.07. The maximum atomic E-state index is 12.3. The number of methoxy groups -OCH3 is 1. The van der Waals surface area contributed by atoms with E-state index in [4.69, 9.17) is 9.57 Å². The number of aromatic nitrogens is 3. The molecule has 0 bridgehead atoms. The molecule has 3 heterocycles. The number of anilines is 3. The summed E-state index contributed by atoms with van der Waals surface area (Å²) in [5, 5.41) is 4.17. The molecule has 0 saturated heterocycles. The van der Waals surface area contributed by atoms with Crippen LogP contribution in [0, 0.1) is 0 Å². The van der Waals surface area contributed by atoms with Crippen molar-refractivity contribution in [3.8, 4) is 5.75 Å². The Morgan fingerprint density at radius 1 is 1.25 bits per heavy atom. The van der Waals surface area contributed by atoms with Crippen LogP contribution in [0.2, 0.25) is 0 Å². The molecule has 0 aliphatic heterocycles. The van der Waals surface area contributed by atoms with E-state index in [1.54, 1.807) is 48.4 Å². The third-order valence-corrected chi connectivity index (χ3v) is 3.46. The highest BCUT2D eigenvalue weighted by molar-refractivity contribution is 6.01. The van der Waals surface area contributed by atoms with Crippen LogP contribution in [0.25, 0.3) is 5.52 Å². The van der Waals surface area contributed by atoms with Crippen LogP contribution >= 0.6 is 0 Å². The van der Waals surface area contributed by atoms with Gasteiger partial charge in [0.05, 0.1) is 31.8 Å². The van der Waals surface area contributed by atoms with E-state index in [0.29, 0.717) is 22.9 Å². The predicted molar refractivity (Wildman–Crippen MR) is 89.4 cm³/mol. The van der Waals surface area contributed by atoms with Crippen molar-refractivity contribution in [3.05, 3.63) is 42.9 Å². The summed E-state index contributed by atoms with van der Waals surface area (Å²) in [6, 6.07) is 7.03. The fourth-order valence-corrected chi connectivity index (χ4v) is 2.52. The number of pyridine rings is 2. The lowest BCUT2D eigenvalue weighted by molar-refractivity contribution is -0.115. The number of rotatable bonds is 5. The van der Waals surface area contributed by atoms with Gasteiger partial charge in [-0.05, 0) is 18.2 Å². The summed E-state index contributed by atoms with van der Waals surface area (Å²) < 4.78 is 7.20. The number of carbonyl (C=O) groups excluding carboxylic acids is 1. The molecule has 0 aliphatic carbocycles. The minimum absolute atomic E-state index is 0.195. The third kappa shape index (κ3) is 2.74. The SMILES string of the molecule is CONc1ccnc(N(C(C)=O)c2ccn3nccc3c2OC)c1. The molecule has 3 rings (SSSR count). The molecule has 1 N–H and O–H groups in total. The summed E-state index contributed by atoms with van der Waals surface area (Å²) in [4.78, 5) is 23.0. The maximum absolute atomic E-state index is 12.3. The van der Waals surface area contributed by atoms with Crippen LogP contribution in [0.4, 0.5) is 17.2 Å². The van der Waals surface area contributed by atoms with Gasteiger partial charge in [-0.3, -0.25) is 20.0 Å². The Bertz CT molecular complexity index is 877. The summed E-state index contributed by atoms with van der Waals surface area (Å²) >= 11 is 0. The number of fused-ring (bicyclic) bond motifs is 1. The second-order valence-corrected chi connectivity index (χ2v) is 4.96. The Balaban J connectivity index is 2.15. The topological polar surface area (TPSA) is 81.0 Å². The smallest absolute Gasteiger partial charge is 0.229 e. The molecule has 1 amide bonds. The van der Waals surface area contributed by atoms with Gasteiger partial charge in [0.15, 0.2) is 5.75 Å². The van der Waals surface area contributed by atoms with Gasteiger partial charge in [-0.1, -0.05) is 0 Å². The number of carbonyl (C=O) groups is 1. The molecular formula is C16H17N5O3. The molecule has 0 unspecified atom stereocenters. The van der Waals surface area contributed by atoms with E-state index in [9.17, 15) is 4.79 Å². The Hall–Kier alpha value is -3.13. The van der Waals surface area contributed by atoms with E-state index < -0.39 is 0 Å². The van der Waals surface area contributed by atoms with Crippen molar-refractivity contribution in [3.63, 3.8) is 0 Å². The van der Waals surface area contributed by atoms with Crippen molar-refractivity contribution < 1.29 is 14.4 Å². The lowest BCUT2D eigenvalue weighted by Crippen LogP contribution is -2.24. The van der Waals surface area contributed by atoms with E-state index in [1.807, 2.05) is 6.07 Å². The molecule has 8 nitrogen and oxygen atoms in total. The lowest BCUT2D eigenvalue weighted by Gasteiger charge is -2.23. The Morgan fingerprint density at radius 2 is 2.08 bits per heavy atom. The fraction of sp³-hybridized carbons (Fsp3) is 0.188. The molecule has 0 aromatic carbocycles. The molecule has 0 radical (unpaired) electrons. The Morgan fingerprint density at radius 3 is 2.79 bits per heavy atom. The van der Waals surface area contributed by atoms with Crippen LogP contribution in [0.1, 0.15) is 6.92 Å². The molecule has 0 saturated carbocycles. The largest absolute Gasteiger partial charge is 0.492 e. The number of amides is 1. The van der Waals surface area contributed by atoms with Gasteiger partial charge in [0, 0.05) is 25.4 Å². The van der Waals surface area contributed by atoms with Crippen LogP contribution in [0.15, 0.2) is 42.9 Å². The normalized spacial score (nSPS) is 10.6. The second-order valence-electron chi connectivity index (χ2n) is 4.96. The van der Waals surface area contributed by atoms with Gasteiger partial charge in [-0.2, -0.15) is 5.10 Å². The highest BCUT2D eigenvalue weighted by Gasteiger charge is 2.22. The zero-order valence-electron chi connectivity index (χ0n) is 13.6. The van der Waals surface area contributed by atoms with Crippen LogP contribution in [-0.2, 0) is 9.63 Å². The first-order chi connectivity index (χ1) is 11.7. The first-order valence-corrected chi connectivity index (χ1v) is 7.21. The van der Waals surface area contributed by atoms with E-state index in [1.165, 1.54) is 18.9 Å². The van der Waals surface area contributed by atoms with E-state index in [0.717, 1.165) is 5.52 Å². The molecule has 0 atom stereocenters. The molecule has 0 fully saturated rings. The fourth-order valence-electron chi connectivity index (χ4n) is 2.52. The highest BCUT2D eigenvalue weighted by Crippen LogP contribution is 2.36. The first-order valence-electron chi connectivity index (χ1n) is 7.21. The average molecular weight is 327 g/mol. The molecular weight excluding hydrogens is 310 g/mol. The number of nitrogens with zero attached hydrogens (tertiary/aromatic N) is 4. The zero-order chi connectivity index (χ0) is 17.1. The lowest BCUT2D eigenvalue weighted by atomic mass is 10.2. The first kappa shape index (κ1) is 15.8. The van der Waals surface area contributed by atoms with Crippen LogP contribution in [0.5, 0.6) is 5.75 Å². The monoisotopic (exact) mass is 327 g/mol. The van der Waals surface area contributed by atoms with E-state index >= 15 is 0 Å². The van der Waals surface area contributed by atoms with Crippen LogP contribution in [0.3, 0.4) is 0 Å². The van der Waals surface area contributed by atoms with Gasteiger partial charge in [0.25, 0.3) is 0 Å². The van der Waals surface area contributed by atoms with Crippen molar-refractivity contribution >= 4 is 28.6 Å². The maximum Gasteiger partial charge on any atom is 0.229 e. The minimum atomic E-state index is -0.195. The van der Waals surface area contributed by atoms with Gasteiger partial charge >= 0.3 is 0 Å². The van der Waals surface area contributed by atoms with Crippen LogP contribution < -0.4 is 15.1 Å². The minimum Gasteiger partial charge on any atom is -0.492 e. The Kier molecular flexibility index (Phi) is 4.30. The number of nitrogens with one attached hydrogen (secondary N) is 1. The van der Waals surface area contributed by atoms with Crippen LogP contribution in [-0.4, -0.2) is 34.7 Å². The van der Waals surface area contributed by atoms with Crippen molar-refractivity contribution in [1.82, 2.24) is 14.6 Å². The summed E-state index contributed by atoms with van der Waals surface area (Å²) in [5.41, 5.74) is 4.74.